The first kappa shape index (κ1) is 26.3. The molecule has 0 saturated carbocycles. The summed E-state index contributed by atoms with van der Waals surface area (Å²) in [5.41, 5.74) is -3.72. The van der Waals surface area contributed by atoms with Gasteiger partial charge in [0.1, 0.15) is 11.1 Å². The van der Waals surface area contributed by atoms with Gasteiger partial charge < -0.3 is 10.2 Å². The van der Waals surface area contributed by atoms with Crippen LogP contribution in [0.15, 0.2) is 0 Å². The minimum absolute atomic E-state index is 0. The van der Waals surface area contributed by atoms with Gasteiger partial charge in [-0.1, -0.05) is 0 Å². The summed E-state index contributed by atoms with van der Waals surface area (Å²) in [5.74, 6) is -27.7. The summed E-state index contributed by atoms with van der Waals surface area (Å²) in [4.78, 5) is 20.2. The third-order valence-corrected chi connectivity index (χ3v) is 2.85. The van der Waals surface area contributed by atoms with E-state index in [2.05, 4.69) is 0 Å². The second-order valence-electron chi connectivity index (χ2n) is 4.50. The predicted molar refractivity (Wildman–Crippen MR) is 66.4 cm³/mol. The standard InChI is InChI=1S/2C7HF5O2.Rh/c2*8-2-1(7(13)14)3(9)5(11)6(12)4(2)10;/h2*(H,13,14);. The van der Waals surface area contributed by atoms with Crippen LogP contribution in [0.4, 0.5) is 43.9 Å². The van der Waals surface area contributed by atoms with Crippen LogP contribution in [0.25, 0.3) is 0 Å². The minimum atomic E-state index is -2.38. The second-order valence-corrected chi connectivity index (χ2v) is 4.50. The van der Waals surface area contributed by atoms with Crippen LogP contribution in [-0.2, 0) is 19.5 Å². The van der Waals surface area contributed by atoms with Gasteiger partial charge in [0.05, 0.1) is 0 Å². The third kappa shape index (κ3) is 4.84. The van der Waals surface area contributed by atoms with Gasteiger partial charge in [-0.05, 0) is 0 Å². The van der Waals surface area contributed by atoms with Crippen molar-refractivity contribution in [1.29, 1.82) is 0 Å². The van der Waals surface area contributed by atoms with Crippen LogP contribution in [0.2, 0.25) is 0 Å². The Labute approximate surface area is 165 Å². The van der Waals surface area contributed by atoms with E-state index >= 15 is 0 Å². The fourth-order valence-corrected chi connectivity index (χ4v) is 1.59. The Balaban J connectivity index is 0.000000523. The van der Waals surface area contributed by atoms with Crippen molar-refractivity contribution in [2.75, 3.05) is 0 Å². The number of benzene rings is 2. The van der Waals surface area contributed by atoms with Gasteiger partial charge in [-0.15, -0.1) is 0 Å². The smallest absolute Gasteiger partial charge is 0.341 e. The van der Waals surface area contributed by atoms with E-state index in [1.807, 2.05) is 0 Å². The van der Waals surface area contributed by atoms with E-state index in [4.69, 9.17) is 10.2 Å². The van der Waals surface area contributed by atoms with Crippen molar-refractivity contribution in [2.45, 2.75) is 0 Å². The summed E-state index contributed by atoms with van der Waals surface area (Å²) in [6.07, 6.45) is 0. The molecule has 0 fully saturated rings. The molecule has 1 radical (unpaired) electrons. The maximum absolute atomic E-state index is 12.6. The molecule has 15 heteroatoms. The molecule has 161 valence electrons. The largest absolute Gasteiger partial charge is 0.477 e. The first-order chi connectivity index (χ1) is 12.7. The molecule has 0 atom stereocenters. The van der Waals surface area contributed by atoms with Crippen molar-refractivity contribution in [3.05, 3.63) is 69.3 Å². The second kappa shape index (κ2) is 9.68. The molecule has 0 aliphatic heterocycles. The number of rotatable bonds is 2. The number of carboxylic acid groups (broad SMARTS) is 2. The maximum atomic E-state index is 12.6. The quantitative estimate of drug-likeness (QED) is 0.267. The zero-order valence-electron chi connectivity index (χ0n) is 12.8. The van der Waals surface area contributed by atoms with Gasteiger partial charge in [-0.3, -0.25) is 0 Å². The number of aromatic carboxylic acids is 2. The molecule has 2 aromatic rings. The van der Waals surface area contributed by atoms with Crippen molar-refractivity contribution in [3.8, 4) is 0 Å². The molecule has 0 aromatic heterocycles. The number of halogens is 10. The van der Waals surface area contributed by atoms with Gasteiger partial charge in [-0.25, -0.2) is 53.5 Å². The van der Waals surface area contributed by atoms with Crippen LogP contribution >= 0.6 is 0 Å². The summed E-state index contributed by atoms with van der Waals surface area (Å²) < 4.78 is 124. The molecule has 0 unspecified atom stereocenters. The first-order valence-electron chi connectivity index (χ1n) is 6.25. The predicted octanol–water partition coefficient (Wildman–Crippen LogP) is 4.16. The fraction of sp³-hybridized carbons (Fsp3) is 0. The molecular weight excluding hydrogens is 525 g/mol. The molecule has 0 amide bonds. The number of carbonyl (C=O) groups is 2. The molecular formula is C14H2F10O4Rh. The van der Waals surface area contributed by atoms with Gasteiger partial charge in [0.2, 0.25) is 11.6 Å². The van der Waals surface area contributed by atoms with E-state index in [1.54, 1.807) is 0 Å². The van der Waals surface area contributed by atoms with E-state index in [9.17, 15) is 53.5 Å². The molecule has 0 saturated heterocycles. The van der Waals surface area contributed by atoms with Gasteiger partial charge in [0, 0.05) is 19.5 Å². The van der Waals surface area contributed by atoms with Gasteiger partial charge in [-0.2, -0.15) is 0 Å². The van der Waals surface area contributed by atoms with Crippen molar-refractivity contribution >= 4 is 11.9 Å². The van der Waals surface area contributed by atoms with Crippen molar-refractivity contribution in [1.82, 2.24) is 0 Å². The number of carboxylic acids is 2. The van der Waals surface area contributed by atoms with Crippen LogP contribution in [0, 0.1) is 58.2 Å². The first-order valence-corrected chi connectivity index (χ1v) is 6.25. The van der Waals surface area contributed by atoms with Crippen LogP contribution < -0.4 is 0 Å². The Bertz CT molecular complexity index is 858. The van der Waals surface area contributed by atoms with Crippen LogP contribution in [-0.4, -0.2) is 22.2 Å². The van der Waals surface area contributed by atoms with E-state index < -0.39 is 81.2 Å². The van der Waals surface area contributed by atoms with Crippen LogP contribution in [0.5, 0.6) is 0 Å². The van der Waals surface area contributed by atoms with Crippen LogP contribution in [0.3, 0.4) is 0 Å². The summed E-state index contributed by atoms with van der Waals surface area (Å²) >= 11 is 0. The molecule has 2 rings (SSSR count). The molecule has 0 bridgehead atoms. The SMILES string of the molecule is O=C(O)c1c(F)c(F)c(F)c(F)c1F.O=C(O)c1c(F)c(F)c(F)c(F)c1F.[Rh]. The van der Waals surface area contributed by atoms with Crippen molar-refractivity contribution < 1.29 is 83.2 Å². The molecule has 0 aliphatic carbocycles. The van der Waals surface area contributed by atoms with E-state index in [0.717, 1.165) is 0 Å². The Hall–Kier alpha value is -2.70. The van der Waals surface area contributed by atoms with Gasteiger partial charge in [0.15, 0.2) is 46.5 Å². The van der Waals surface area contributed by atoms with E-state index in [0.29, 0.717) is 0 Å². The Kier molecular flexibility index (Phi) is 8.78. The summed E-state index contributed by atoms with van der Waals surface area (Å²) in [7, 11) is 0. The average molecular weight is 527 g/mol. The zero-order valence-corrected chi connectivity index (χ0v) is 14.5. The summed E-state index contributed by atoms with van der Waals surface area (Å²) in [5, 5.41) is 16.3. The minimum Gasteiger partial charge on any atom is -0.477 e. The van der Waals surface area contributed by atoms with E-state index in [-0.39, 0.29) is 19.5 Å². The van der Waals surface area contributed by atoms with Gasteiger partial charge in [0.25, 0.3) is 0 Å². The van der Waals surface area contributed by atoms with Gasteiger partial charge >= 0.3 is 11.9 Å². The maximum Gasteiger partial charge on any atom is 0.341 e. The average Bonchev–Trinajstić information content (AvgIpc) is 2.61. The Morgan fingerprint density at radius 1 is 0.414 bits per heavy atom. The topological polar surface area (TPSA) is 74.6 Å². The third-order valence-electron chi connectivity index (χ3n) is 2.85. The van der Waals surface area contributed by atoms with E-state index in [1.165, 1.54) is 0 Å². The van der Waals surface area contributed by atoms with Crippen molar-refractivity contribution in [2.24, 2.45) is 0 Å². The zero-order chi connectivity index (χ0) is 22.1. The number of hydrogen-bond acceptors (Lipinski definition) is 2. The summed E-state index contributed by atoms with van der Waals surface area (Å²) in [6.45, 7) is 0. The normalized spacial score (nSPS) is 10.0. The molecule has 0 heterocycles. The molecule has 0 spiro atoms. The van der Waals surface area contributed by atoms with Crippen LogP contribution in [0.1, 0.15) is 20.7 Å². The Morgan fingerprint density at radius 2 is 0.552 bits per heavy atom. The molecule has 2 aromatic carbocycles. The molecule has 0 aliphatic rings. The summed E-state index contributed by atoms with van der Waals surface area (Å²) in [6, 6.07) is 0. The number of hydrogen-bond donors (Lipinski definition) is 2. The molecule has 29 heavy (non-hydrogen) atoms. The molecule has 4 nitrogen and oxygen atoms in total. The monoisotopic (exact) mass is 527 g/mol. The molecule has 2 N–H and O–H groups in total. The van der Waals surface area contributed by atoms with Crippen molar-refractivity contribution in [3.63, 3.8) is 0 Å². The fourth-order valence-electron chi connectivity index (χ4n) is 1.59. The Morgan fingerprint density at radius 3 is 0.690 bits per heavy atom.